The molecule has 2 aromatic carbocycles. The Hall–Kier alpha value is -2.02. The third-order valence-corrected chi connectivity index (χ3v) is 4.76. The van der Waals surface area contributed by atoms with Gasteiger partial charge in [-0.15, -0.1) is 0 Å². The molecule has 0 saturated heterocycles. The zero-order valence-corrected chi connectivity index (χ0v) is 19.4. The summed E-state index contributed by atoms with van der Waals surface area (Å²) in [6.45, 7) is 5.36. The van der Waals surface area contributed by atoms with Gasteiger partial charge in [-0.25, -0.2) is 0 Å². The van der Waals surface area contributed by atoms with Crippen molar-refractivity contribution < 1.29 is 14.3 Å². The number of amides is 1. The van der Waals surface area contributed by atoms with Crippen LogP contribution in [0.15, 0.2) is 42.5 Å². The molecule has 0 bridgehead atoms. The van der Waals surface area contributed by atoms with Gasteiger partial charge in [0.15, 0.2) is 5.11 Å². The molecule has 2 aromatic rings. The molecule has 0 saturated carbocycles. The molecule has 8 heteroatoms. The lowest BCUT2D eigenvalue weighted by molar-refractivity contribution is -0.119. The summed E-state index contributed by atoms with van der Waals surface area (Å²) in [5.74, 6) is 1.76. The SMILES string of the molecule is CC(C)CCOc1ccc(NC(=S)NC(=O)CCCOc2ccc(Cl)cc2Cl)cc1. The number of thiocarbonyl (C=S) groups is 1. The second-order valence-corrected chi connectivity index (χ2v) is 8.34. The van der Waals surface area contributed by atoms with E-state index in [1.807, 2.05) is 24.3 Å². The maximum absolute atomic E-state index is 12.0. The molecule has 2 N–H and O–H groups in total. The van der Waals surface area contributed by atoms with Crippen molar-refractivity contribution in [2.45, 2.75) is 33.1 Å². The normalized spacial score (nSPS) is 10.6. The highest BCUT2D eigenvalue weighted by Crippen LogP contribution is 2.27. The summed E-state index contributed by atoms with van der Waals surface area (Å²) in [5.41, 5.74) is 0.775. The summed E-state index contributed by atoms with van der Waals surface area (Å²) in [4.78, 5) is 12.0. The number of hydrogen-bond acceptors (Lipinski definition) is 4. The Morgan fingerprint density at radius 3 is 2.47 bits per heavy atom. The minimum absolute atomic E-state index is 0.188. The van der Waals surface area contributed by atoms with E-state index < -0.39 is 0 Å². The molecule has 5 nitrogen and oxygen atoms in total. The molecule has 0 atom stereocenters. The van der Waals surface area contributed by atoms with Crippen molar-refractivity contribution in [3.63, 3.8) is 0 Å². The molecule has 0 aliphatic rings. The average Bonchev–Trinajstić information content (AvgIpc) is 2.67. The van der Waals surface area contributed by atoms with E-state index in [1.165, 1.54) is 0 Å². The Labute approximate surface area is 193 Å². The third-order valence-electron chi connectivity index (χ3n) is 4.03. The molecule has 0 heterocycles. The topological polar surface area (TPSA) is 59.6 Å². The van der Waals surface area contributed by atoms with Crippen molar-refractivity contribution in [3.05, 3.63) is 52.5 Å². The van der Waals surface area contributed by atoms with Crippen LogP contribution >= 0.6 is 35.4 Å². The maximum atomic E-state index is 12.0. The molecule has 0 aliphatic heterocycles. The van der Waals surface area contributed by atoms with Gasteiger partial charge < -0.3 is 20.1 Å². The highest BCUT2D eigenvalue weighted by Gasteiger charge is 2.07. The van der Waals surface area contributed by atoms with Gasteiger partial charge in [-0.2, -0.15) is 0 Å². The van der Waals surface area contributed by atoms with E-state index in [-0.39, 0.29) is 17.4 Å². The molecular formula is C22H26Cl2N2O3S. The maximum Gasteiger partial charge on any atom is 0.226 e. The lowest BCUT2D eigenvalue weighted by atomic mass is 10.1. The second-order valence-electron chi connectivity index (χ2n) is 7.08. The van der Waals surface area contributed by atoms with Crippen LogP contribution in [0.3, 0.4) is 0 Å². The van der Waals surface area contributed by atoms with Crippen molar-refractivity contribution in [3.8, 4) is 11.5 Å². The molecule has 30 heavy (non-hydrogen) atoms. The third kappa shape index (κ3) is 9.20. The van der Waals surface area contributed by atoms with Gasteiger partial charge in [-0.1, -0.05) is 37.0 Å². The predicted octanol–water partition coefficient (Wildman–Crippen LogP) is 6.09. The molecule has 0 spiro atoms. The second kappa shape index (κ2) is 12.6. The minimum atomic E-state index is -0.188. The fraction of sp³-hybridized carbons (Fsp3) is 0.364. The number of benzene rings is 2. The number of nitrogens with one attached hydrogen (secondary N) is 2. The van der Waals surface area contributed by atoms with Gasteiger partial charge in [0.05, 0.1) is 18.2 Å². The summed E-state index contributed by atoms with van der Waals surface area (Å²) in [5, 5.41) is 6.87. The van der Waals surface area contributed by atoms with Crippen LogP contribution < -0.4 is 20.1 Å². The van der Waals surface area contributed by atoms with E-state index in [4.69, 9.17) is 44.9 Å². The van der Waals surface area contributed by atoms with Crippen LogP contribution in [0, 0.1) is 5.92 Å². The quantitative estimate of drug-likeness (QED) is 0.326. The first-order valence-electron chi connectivity index (χ1n) is 9.75. The highest BCUT2D eigenvalue weighted by molar-refractivity contribution is 7.80. The van der Waals surface area contributed by atoms with Gasteiger partial charge in [-0.3, -0.25) is 4.79 Å². The van der Waals surface area contributed by atoms with Crippen molar-refractivity contribution >= 4 is 52.1 Å². The molecule has 162 valence electrons. The zero-order valence-electron chi connectivity index (χ0n) is 17.0. The Morgan fingerprint density at radius 2 is 1.80 bits per heavy atom. The van der Waals surface area contributed by atoms with Gasteiger partial charge >= 0.3 is 0 Å². The summed E-state index contributed by atoms with van der Waals surface area (Å²) >= 11 is 17.1. The van der Waals surface area contributed by atoms with Gasteiger partial charge in [0.2, 0.25) is 5.91 Å². The number of halogens is 2. The number of carbonyl (C=O) groups excluding carboxylic acids is 1. The number of anilines is 1. The molecule has 0 aliphatic carbocycles. The predicted molar refractivity (Wildman–Crippen MR) is 127 cm³/mol. The first-order valence-corrected chi connectivity index (χ1v) is 10.9. The number of hydrogen-bond donors (Lipinski definition) is 2. The Kier molecular flexibility index (Phi) is 10.2. The fourth-order valence-corrected chi connectivity index (χ4v) is 3.10. The average molecular weight is 469 g/mol. The van der Waals surface area contributed by atoms with Crippen LogP contribution in [-0.4, -0.2) is 24.2 Å². The minimum Gasteiger partial charge on any atom is -0.494 e. The van der Waals surface area contributed by atoms with Gasteiger partial charge in [-0.05, 0) is 73.4 Å². The van der Waals surface area contributed by atoms with Gasteiger partial charge in [0.25, 0.3) is 0 Å². The molecule has 0 aromatic heterocycles. The lowest BCUT2D eigenvalue weighted by Gasteiger charge is -2.12. The lowest BCUT2D eigenvalue weighted by Crippen LogP contribution is -2.34. The molecule has 1 amide bonds. The van der Waals surface area contributed by atoms with E-state index in [0.717, 1.165) is 17.9 Å². The first-order chi connectivity index (χ1) is 14.3. The van der Waals surface area contributed by atoms with Crippen molar-refractivity contribution in [2.24, 2.45) is 5.92 Å². The Morgan fingerprint density at radius 1 is 1.07 bits per heavy atom. The summed E-state index contributed by atoms with van der Waals surface area (Å²) in [7, 11) is 0. The van der Waals surface area contributed by atoms with Crippen molar-refractivity contribution in [1.29, 1.82) is 0 Å². The van der Waals surface area contributed by atoms with E-state index in [9.17, 15) is 4.79 Å². The molecule has 0 unspecified atom stereocenters. The molecule has 0 fully saturated rings. The van der Waals surface area contributed by atoms with E-state index in [2.05, 4.69) is 24.5 Å². The zero-order chi connectivity index (χ0) is 21.9. The van der Waals surface area contributed by atoms with Crippen LogP contribution in [0.5, 0.6) is 11.5 Å². The molecular weight excluding hydrogens is 443 g/mol. The Balaban J connectivity index is 1.66. The smallest absolute Gasteiger partial charge is 0.226 e. The van der Waals surface area contributed by atoms with E-state index >= 15 is 0 Å². The van der Waals surface area contributed by atoms with Crippen molar-refractivity contribution in [2.75, 3.05) is 18.5 Å². The summed E-state index contributed by atoms with van der Waals surface area (Å²) in [6.07, 6.45) is 1.80. The largest absolute Gasteiger partial charge is 0.494 e. The van der Waals surface area contributed by atoms with Crippen LogP contribution in [0.25, 0.3) is 0 Å². The molecule has 2 rings (SSSR count). The van der Waals surface area contributed by atoms with Crippen molar-refractivity contribution in [1.82, 2.24) is 5.32 Å². The first kappa shape index (κ1) is 24.3. The summed E-state index contributed by atoms with van der Waals surface area (Å²) < 4.78 is 11.2. The van der Waals surface area contributed by atoms with Crippen LogP contribution in [0.4, 0.5) is 5.69 Å². The number of carbonyl (C=O) groups is 1. The highest BCUT2D eigenvalue weighted by atomic mass is 35.5. The van der Waals surface area contributed by atoms with E-state index in [0.29, 0.717) is 41.3 Å². The van der Waals surface area contributed by atoms with E-state index in [1.54, 1.807) is 18.2 Å². The van der Waals surface area contributed by atoms with Crippen LogP contribution in [0.2, 0.25) is 10.0 Å². The Bertz CT molecular complexity index is 845. The standard InChI is InChI=1S/C22H26Cl2N2O3S/c1-15(2)11-13-28-18-8-6-17(7-9-18)25-22(30)26-21(27)4-3-12-29-20-10-5-16(23)14-19(20)24/h5-10,14-15H,3-4,11-13H2,1-2H3,(H2,25,26,27,30). The summed E-state index contributed by atoms with van der Waals surface area (Å²) in [6, 6.07) is 12.5. The van der Waals surface area contributed by atoms with Crippen LogP contribution in [0.1, 0.15) is 33.1 Å². The van der Waals surface area contributed by atoms with Crippen LogP contribution in [-0.2, 0) is 4.79 Å². The number of rotatable bonds is 10. The number of ether oxygens (including phenoxy) is 2. The van der Waals surface area contributed by atoms with Gasteiger partial charge in [0, 0.05) is 17.1 Å². The monoisotopic (exact) mass is 468 g/mol. The van der Waals surface area contributed by atoms with Gasteiger partial charge in [0.1, 0.15) is 11.5 Å². The fourth-order valence-electron chi connectivity index (χ4n) is 2.41. The molecule has 0 radical (unpaired) electrons.